The predicted octanol–water partition coefficient (Wildman–Crippen LogP) is 3.29. The number of nitrogens with one attached hydrogen (secondary N) is 2. The van der Waals surface area contributed by atoms with Gasteiger partial charge in [0, 0.05) is 23.9 Å². The fourth-order valence-corrected chi connectivity index (χ4v) is 2.70. The molecule has 0 bridgehead atoms. The van der Waals surface area contributed by atoms with E-state index in [2.05, 4.69) is 10.6 Å². The standard InChI is InChI=1S/C20H21N3O4/c1-13-9-14(2)20(15(3)10-13)22-19(25)12-21-18(24)8-7-16-5-4-6-17(11-16)23(26)27/h4-11H,12H2,1-3H3,(H,21,24)(H,22,25)/b8-7+. The molecule has 0 atom stereocenters. The van der Waals surface area contributed by atoms with E-state index < -0.39 is 10.8 Å². The topological polar surface area (TPSA) is 101 Å². The summed E-state index contributed by atoms with van der Waals surface area (Å²) in [5.74, 6) is -0.795. The third-order valence-corrected chi connectivity index (χ3v) is 3.87. The Morgan fingerprint density at radius 2 is 1.78 bits per heavy atom. The molecule has 27 heavy (non-hydrogen) atoms. The summed E-state index contributed by atoms with van der Waals surface area (Å²) >= 11 is 0. The molecule has 0 radical (unpaired) electrons. The van der Waals surface area contributed by atoms with E-state index >= 15 is 0 Å². The Kier molecular flexibility index (Phi) is 6.43. The largest absolute Gasteiger partial charge is 0.343 e. The van der Waals surface area contributed by atoms with Gasteiger partial charge >= 0.3 is 0 Å². The molecule has 0 aromatic heterocycles. The van der Waals surface area contributed by atoms with Crippen LogP contribution in [0, 0.1) is 30.9 Å². The van der Waals surface area contributed by atoms with Gasteiger partial charge in [0.25, 0.3) is 5.69 Å². The van der Waals surface area contributed by atoms with Crippen LogP contribution in [-0.2, 0) is 9.59 Å². The number of anilines is 1. The van der Waals surface area contributed by atoms with Crippen LogP contribution in [0.15, 0.2) is 42.5 Å². The molecular weight excluding hydrogens is 346 g/mol. The van der Waals surface area contributed by atoms with E-state index in [9.17, 15) is 19.7 Å². The number of aryl methyl sites for hydroxylation is 3. The van der Waals surface area contributed by atoms with Gasteiger partial charge in [0.2, 0.25) is 11.8 Å². The van der Waals surface area contributed by atoms with Crippen LogP contribution in [0.2, 0.25) is 0 Å². The maximum atomic E-state index is 12.1. The fourth-order valence-electron chi connectivity index (χ4n) is 2.70. The van der Waals surface area contributed by atoms with Gasteiger partial charge in [-0.05, 0) is 43.5 Å². The highest BCUT2D eigenvalue weighted by molar-refractivity contribution is 5.98. The maximum absolute atomic E-state index is 12.1. The van der Waals surface area contributed by atoms with E-state index in [4.69, 9.17) is 0 Å². The zero-order valence-electron chi connectivity index (χ0n) is 15.4. The summed E-state index contributed by atoms with van der Waals surface area (Å²) in [6.45, 7) is 5.64. The molecule has 7 heteroatoms. The first-order chi connectivity index (χ1) is 12.8. The van der Waals surface area contributed by atoms with Crippen molar-refractivity contribution in [1.29, 1.82) is 0 Å². The Morgan fingerprint density at radius 3 is 2.41 bits per heavy atom. The van der Waals surface area contributed by atoms with Crippen molar-refractivity contribution in [3.05, 3.63) is 74.8 Å². The average molecular weight is 367 g/mol. The number of non-ortho nitro benzene ring substituents is 1. The van der Waals surface area contributed by atoms with Gasteiger partial charge in [-0.15, -0.1) is 0 Å². The van der Waals surface area contributed by atoms with E-state index in [1.165, 1.54) is 30.4 Å². The second-order valence-corrected chi connectivity index (χ2v) is 6.23. The molecule has 140 valence electrons. The van der Waals surface area contributed by atoms with Gasteiger partial charge in [-0.1, -0.05) is 29.8 Å². The molecule has 2 aromatic carbocycles. The highest BCUT2D eigenvalue weighted by Crippen LogP contribution is 2.21. The molecule has 0 unspecified atom stereocenters. The molecule has 7 nitrogen and oxygen atoms in total. The molecule has 0 saturated carbocycles. The molecular formula is C20H21N3O4. The number of hydrogen-bond donors (Lipinski definition) is 2. The SMILES string of the molecule is Cc1cc(C)c(NC(=O)CNC(=O)/C=C/c2cccc([N+](=O)[O-])c2)c(C)c1. The number of carbonyl (C=O) groups excluding carboxylic acids is 2. The van der Waals surface area contributed by atoms with Crippen LogP contribution in [0.3, 0.4) is 0 Å². The minimum absolute atomic E-state index is 0.0548. The summed E-state index contributed by atoms with van der Waals surface area (Å²) in [6.07, 6.45) is 2.68. The van der Waals surface area contributed by atoms with Crippen LogP contribution < -0.4 is 10.6 Å². The van der Waals surface area contributed by atoms with Crippen LogP contribution >= 0.6 is 0 Å². The third-order valence-electron chi connectivity index (χ3n) is 3.87. The Balaban J connectivity index is 1.91. The van der Waals surface area contributed by atoms with Crippen molar-refractivity contribution in [3.63, 3.8) is 0 Å². The Morgan fingerprint density at radius 1 is 1.11 bits per heavy atom. The molecule has 0 saturated heterocycles. The summed E-state index contributed by atoms with van der Waals surface area (Å²) in [7, 11) is 0. The van der Waals surface area contributed by atoms with Crippen LogP contribution in [-0.4, -0.2) is 23.3 Å². The summed E-state index contributed by atoms with van der Waals surface area (Å²) in [5.41, 5.74) is 4.24. The number of hydrogen-bond acceptors (Lipinski definition) is 4. The number of rotatable bonds is 6. The second-order valence-electron chi connectivity index (χ2n) is 6.23. The van der Waals surface area contributed by atoms with Gasteiger partial charge in [-0.3, -0.25) is 19.7 Å². The molecule has 0 fully saturated rings. The average Bonchev–Trinajstić information content (AvgIpc) is 2.61. The lowest BCUT2D eigenvalue weighted by Gasteiger charge is -2.13. The van der Waals surface area contributed by atoms with Crippen LogP contribution in [0.1, 0.15) is 22.3 Å². The van der Waals surface area contributed by atoms with E-state index in [1.54, 1.807) is 6.07 Å². The first-order valence-corrected chi connectivity index (χ1v) is 8.34. The number of benzene rings is 2. The predicted molar refractivity (Wildman–Crippen MR) is 104 cm³/mol. The lowest BCUT2D eigenvalue weighted by Crippen LogP contribution is -2.32. The van der Waals surface area contributed by atoms with E-state index in [1.807, 2.05) is 32.9 Å². The number of carbonyl (C=O) groups is 2. The molecule has 0 aliphatic rings. The van der Waals surface area contributed by atoms with Crippen molar-refractivity contribution < 1.29 is 14.5 Å². The Labute approximate surface area is 157 Å². The van der Waals surface area contributed by atoms with Gasteiger partial charge in [0.15, 0.2) is 0 Å². The van der Waals surface area contributed by atoms with Crippen LogP contribution in [0.4, 0.5) is 11.4 Å². The number of nitro benzene ring substituents is 1. The lowest BCUT2D eigenvalue weighted by molar-refractivity contribution is -0.384. The number of nitrogens with zero attached hydrogens (tertiary/aromatic N) is 1. The first kappa shape index (κ1) is 19.8. The minimum Gasteiger partial charge on any atom is -0.343 e. The second kappa shape index (κ2) is 8.75. The van der Waals surface area contributed by atoms with Crippen molar-refractivity contribution in [2.45, 2.75) is 20.8 Å². The van der Waals surface area contributed by atoms with Gasteiger partial charge < -0.3 is 10.6 Å². The van der Waals surface area contributed by atoms with Crippen molar-refractivity contribution in [2.24, 2.45) is 0 Å². The number of amides is 2. The lowest BCUT2D eigenvalue weighted by atomic mass is 10.1. The van der Waals surface area contributed by atoms with Gasteiger partial charge in [-0.25, -0.2) is 0 Å². The summed E-state index contributed by atoms with van der Waals surface area (Å²) in [4.78, 5) is 34.2. The van der Waals surface area contributed by atoms with Crippen molar-refractivity contribution in [3.8, 4) is 0 Å². The first-order valence-electron chi connectivity index (χ1n) is 8.34. The smallest absolute Gasteiger partial charge is 0.270 e. The van der Waals surface area contributed by atoms with E-state index in [-0.39, 0.29) is 18.1 Å². The Bertz CT molecular complexity index is 896. The highest BCUT2D eigenvalue weighted by Gasteiger charge is 2.09. The van der Waals surface area contributed by atoms with Crippen LogP contribution in [0.25, 0.3) is 6.08 Å². The summed E-state index contributed by atoms with van der Waals surface area (Å²) in [5, 5.41) is 16.0. The van der Waals surface area contributed by atoms with Gasteiger partial charge in [-0.2, -0.15) is 0 Å². The molecule has 2 N–H and O–H groups in total. The Hall–Kier alpha value is -3.48. The van der Waals surface area contributed by atoms with Gasteiger partial charge in [0.1, 0.15) is 0 Å². The zero-order valence-corrected chi connectivity index (χ0v) is 15.4. The molecule has 0 heterocycles. The maximum Gasteiger partial charge on any atom is 0.270 e. The molecule has 0 spiro atoms. The van der Waals surface area contributed by atoms with Crippen LogP contribution in [0.5, 0.6) is 0 Å². The fraction of sp³-hybridized carbons (Fsp3) is 0.200. The third kappa shape index (κ3) is 5.78. The molecule has 2 amide bonds. The van der Waals surface area contributed by atoms with E-state index in [0.29, 0.717) is 5.56 Å². The zero-order chi connectivity index (χ0) is 20.0. The monoisotopic (exact) mass is 367 g/mol. The van der Waals surface area contributed by atoms with Crippen molar-refractivity contribution in [1.82, 2.24) is 5.32 Å². The van der Waals surface area contributed by atoms with Gasteiger partial charge in [0.05, 0.1) is 11.5 Å². The summed E-state index contributed by atoms with van der Waals surface area (Å²) in [6, 6.07) is 9.87. The van der Waals surface area contributed by atoms with Crippen molar-refractivity contribution >= 4 is 29.3 Å². The number of nitro groups is 1. The molecule has 0 aliphatic carbocycles. The quantitative estimate of drug-likeness (QED) is 0.465. The highest BCUT2D eigenvalue weighted by atomic mass is 16.6. The normalized spacial score (nSPS) is 10.6. The minimum atomic E-state index is -0.503. The summed E-state index contributed by atoms with van der Waals surface area (Å²) < 4.78 is 0. The molecule has 0 aliphatic heterocycles. The molecule has 2 rings (SSSR count). The van der Waals surface area contributed by atoms with E-state index in [0.717, 1.165) is 22.4 Å². The molecule has 2 aromatic rings. The van der Waals surface area contributed by atoms with Crippen molar-refractivity contribution in [2.75, 3.05) is 11.9 Å².